The fourth-order valence-corrected chi connectivity index (χ4v) is 0.542. The Bertz CT molecular complexity index is 141. The van der Waals surface area contributed by atoms with Crippen LogP contribution in [-0.2, 0) is 4.79 Å². The standard InChI is InChI=1S/C5H13N3O3/c6-1-2(7)3(9)4(10)5(8)11/h2-4,9-10H,1,6-7H2,(H2,8,11). The van der Waals surface area contributed by atoms with Crippen molar-refractivity contribution in [1.29, 1.82) is 0 Å². The van der Waals surface area contributed by atoms with E-state index in [1.165, 1.54) is 0 Å². The smallest absolute Gasteiger partial charge is 0.249 e. The minimum absolute atomic E-state index is 0.0223. The predicted octanol–water partition coefficient (Wildman–Crippen LogP) is -3.52. The first kappa shape index (κ1) is 10.3. The molecule has 6 nitrogen and oxygen atoms in total. The molecule has 0 aliphatic carbocycles. The Morgan fingerprint density at radius 2 is 1.91 bits per heavy atom. The summed E-state index contributed by atoms with van der Waals surface area (Å²) in [5, 5.41) is 17.8. The minimum atomic E-state index is -1.64. The van der Waals surface area contributed by atoms with Crippen LogP contribution in [-0.4, -0.2) is 40.9 Å². The van der Waals surface area contributed by atoms with E-state index in [1.807, 2.05) is 0 Å². The molecule has 0 fully saturated rings. The zero-order valence-electron chi connectivity index (χ0n) is 5.97. The van der Waals surface area contributed by atoms with Crippen molar-refractivity contribution in [1.82, 2.24) is 0 Å². The first-order valence-corrected chi connectivity index (χ1v) is 3.11. The molecule has 3 atom stereocenters. The molecule has 0 aromatic carbocycles. The summed E-state index contributed by atoms with van der Waals surface area (Å²) in [5.74, 6) is -1.01. The summed E-state index contributed by atoms with van der Waals surface area (Å²) in [7, 11) is 0. The Labute approximate surface area is 64.0 Å². The molecule has 0 radical (unpaired) electrons. The van der Waals surface area contributed by atoms with Crippen molar-refractivity contribution in [3.05, 3.63) is 0 Å². The maximum atomic E-state index is 10.3. The number of hydrogen-bond donors (Lipinski definition) is 5. The molecule has 66 valence electrons. The van der Waals surface area contributed by atoms with Gasteiger partial charge in [-0.25, -0.2) is 0 Å². The Balaban J connectivity index is 4.00. The second-order valence-electron chi connectivity index (χ2n) is 2.24. The van der Waals surface area contributed by atoms with Crippen LogP contribution >= 0.6 is 0 Å². The van der Waals surface area contributed by atoms with E-state index < -0.39 is 24.2 Å². The average Bonchev–Trinajstić information content (AvgIpc) is 2.00. The van der Waals surface area contributed by atoms with Gasteiger partial charge in [-0.3, -0.25) is 4.79 Å². The highest BCUT2D eigenvalue weighted by molar-refractivity contribution is 5.79. The van der Waals surface area contributed by atoms with E-state index in [0.29, 0.717) is 0 Å². The molecule has 0 aliphatic heterocycles. The number of aliphatic hydroxyl groups is 2. The summed E-state index contributed by atoms with van der Waals surface area (Å²) >= 11 is 0. The van der Waals surface area contributed by atoms with Crippen molar-refractivity contribution in [3.8, 4) is 0 Å². The second kappa shape index (κ2) is 4.24. The molecule has 0 aromatic heterocycles. The van der Waals surface area contributed by atoms with Gasteiger partial charge in [0.25, 0.3) is 0 Å². The summed E-state index contributed by atoms with van der Waals surface area (Å²) in [6, 6.07) is -0.836. The van der Waals surface area contributed by atoms with Gasteiger partial charge in [-0.2, -0.15) is 0 Å². The van der Waals surface area contributed by atoms with Crippen molar-refractivity contribution in [2.24, 2.45) is 17.2 Å². The first-order chi connectivity index (χ1) is 5.00. The van der Waals surface area contributed by atoms with Crippen LogP contribution in [0.3, 0.4) is 0 Å². The van der Waals surface area contributed by atoms with Gasteiger partial charge in [0.1, 0.15) is 6.10 Å². The second-order valence-corrected chi connectivity index (χ2v) is 2.24. The third-order valence-corrected chi connectivity index (χ3v) is 1.33. The van der Waals surface area contributed by atoms with Gasteiger partial charge in [-0.05, 0) is 0 Å². The van der Waals surface area contributed by atoms with Gasteiger partial charge in [0, 0.05) is 12.6 Å². The number of aliphatic hydroxyl groups excluding tert-OH is 2. The highest BCUT2D eigenvalue weighted by Gasteiger charge is 2.26. The number of primary amides is 1. The molecule has 0 saturated carbocycles. The third kappa shape index (κ3) is 2.81. The number of carbonyl (C=O) groups is 1. The topological polar surface area (TPSA) is 136 Å². The fraction of sp³-hybridized carbons (Fsp3) is 0.800. The van der Waals surface area contributed by atoms with E-state index >= 15 is 0 Å². The molecule has 1 amide bonds. The van der Waals surface area contributed by atoms with E-state index in [1.54, 1.807) is 0 Å². The number of nitrogens with two attached hydrogens (primary N) is 3. The normalized spacial score (nSPS) is 18.9. The lowest BCUT2D eigenvalue weighted by Crippen LogP contribution is -2.51. The van der Waals surface area contributed by atoms with E-state index in [9.17, 15) is 4.79 Å². The Hall–Kier alpha value is -0.690. The number of amides is 1. The summed E-state index contributed by atoms with van der Waals surface area (Å²) < 4.78 is 0. The fourth-order valence-electron chi connectivity index (χ4n) is 0.542. The minimum Gasteiger partial charge on any atom is -0.388 e. The number of carbonyl (C=O) groups excluding carboxylic acids is 1. The maximum Gasteiger partial charge on any atom is 0.249 e. The lowest BCUT2D eigenvalue weighted by Gasteiger charge is -2.19. The third-order valence-electron chi connectivity index (χ3n) is 1.33. The van der Waals surface area contributed by atoms with Crippen molar-refractivity contribution in [2.75, 3.05) is 6.54 Å². The van der Waals surface area contributed by atoms with Crippen LogP contribution in [0.15, 0.2) is 0 Å². The zero-order chi connectivity index (χ0) is 9.02. The highest BCUT2D eigenvalue weighted by atomic mass is 16.3. The Morgan fingerprint density at radius 3 is 2.18 bits per heavy atom. The van der Waals surface area contributed by atoms with Crippen LogP contribution in [0.1, 0.15) is 0 Å². The number of hydrogen-bond acceptors (Lipinski definition) is 5. The largest absolute Gasteiger partial charge is 0.388 e. The Kier molecular flexibility index (Phi) is 3.98. The number of rotatable bonds is 4. The Morgan fingerprint density at radius 1 is 1.45 bits per heavy atom. The van der Waals surface area contributed by atoms with Crippen LogP contribution in [0.25, 0.3) is 0 Å². The van der Waals surface area contributed by atoms with Gasteiger partial charge in [-0.1, -0.05) is 0 Å². The van der Waals surface area contributed by atoms with E-state index in [2.05, 4.69) is 5.73 Å². The quantitative estimate of drug-likeness (QED) is 0.292. The lowest BCUT2D eigenvalue weighted by molar-refractivity contribution is -0.132. The molecule has 0 saturated heterocycles. The van der Waals surface area contributed by atoms with Gasteiger partial charge >= 0.3 is 0 Å². The predicted molar refractivity (Wildman–Crippen MR) is 38.2 cm³/mol. The van der Waals surface area contributed by atoms with Crippen LogP contribution < -0.4 is 17.2 Å². The van der Waals surface area contributed by atoms with Crippen LogP contribution in [0, 0.1) is 0 Å². The average molecular weight is 163 g/mol. The van der Waals surface area contributed by atoms with Gasteiger partial charge < -0.3 is 27.4 Å². The van der Waals surface area contributed by atoms with E-state index in [0.717, 1.165) is 0 Å². The SMILES string of the molecule is NCC(N)C(O)C(O)C(N)=O. The highest BCUT2D eigenvalue weighted by Crippen LogP contribution is 1.95. The zero-order valence-corrected chi connectivity index (χ0v) is 5.97. The van der Waals surface area contributed by atoms with E-state index in [4.69, 9.17) is 21.7 Å². The van der Waals surface area contributed by atoms with Crippen LogP contribution in [0.4, 0.5) is 0 Å². The summed E-state index contributed by atoms with van der Waals surface area (Å²) in [6.45, 7) is -0.0223. The molecule has 8 N–H and O–H groups in total. The molecule has 0 spiro atoms. The van der Waals surface area contributed by atoms with Crippen molar-refractivity contribution in [2.45, 2.75) is 18.2 Å². The molecule has 11 heavy (non-hydrogen) atoms. The van der Waals surface area contributed by atoms with Crippen molar-refractivity contribution in [3.63, 3.8) is 0 Å². The summed E-state index contributed by atoms with van der Waals surface area (Å²) in [5.41, 5.74) is 15.0. The van der Waals surface area contributed by atoms with Crippen molar-refractivity contribution < 1.29 is 15.0 Å². The monoisotopic (exact) mass is 163 g/mol. The molecule has 0 heterocycles. The van der Waals surface area contributed by atoms with Gasteiger partial charge in [0.15, 0.2) is 6.10 Å². The molecule has 0 rings (SSSR count). The molecule has 0 bridgehead atoms. The molecule has 0 aromatic rings. The summed E-state index contributed by atoms with van der Waals surface area (Å²) in [6.07, 6.45) is -3.04. The van der Waals surface area contributed by atoms with Crippen LogP contribution in [0.2, 0.25) is 0 Å². The molecular weight excluding hydrogens is 150 g/mol. The van der Waals surface area contributed by atoms with Crippen molar-refractivity contribution >= 4 is 5.91 Å². The molecule has 0 aliphatic rings. The van der Waals surface area contributed by atoms with Gasteiger partial charge in [0.05, 0.1) is 0 Å². The van der Waals surface area contributed by atoms with E-state index in [-0.39, 0.29) is 6.54 Å². The van der Waals surface area contributed by atoms with Gasteiger partial charge in [-0.15, -0.1) is 0 Å². The first-order valence-electron chi connectivity index (χ1n) is 3.11. The molecular formula is C5H13N3O3. The molecule has 3 unspecified atom stereocenters. The van der Waals surface area contributed by atoms with Crippen LogP contribution in [0.5, 0.6) is 0 Å². The van der Waals surface area contributed by atoms with Gasteiger partial charge in [0.2, 0.25) is 5.91 Å². The maximum absolute atomic E-state index is 10.3. The lowest BCUT2D eigenvalue weighted by atomic mass is 10.1. The summed E-state index contributed by atoms with van der Waals surface area (Å²) in [4.78, 5) is 10.3. The molecule has 6 heteroatoms.